The second-order valence-electron chi connectivity index (χ2n) is 5.70. The fraction of sp³-hybridized carbons (Fsp3) is 0.429. The number of hydrogen-bond acceptors (Lipinski definition) is 4. The molecule has 2 amide bonds. The van der Waals surface area contributed by atoms with Gasteiger partial charge in [0.25, 0.3) is 0 Å². The van der Waals surface area contributed by atoms with Crippen LogP contribution in [0.1, 0.15) is 38.1 Å². The van der Waals surface area contributed by atoms with Crippen LogP contribution in [0.25, 0.3) is 0 Å². The smallest absolute Gasteiger partial charge is 0.337 e. The van der Waals surface area contributed by atoms with Crippen LogP contribution in [0.15, 0.2) is 18.5 Å². The number of nitrogens with one attached hydrogen (secondary N) is 2. The highest BCUT2D eigenvalue weighted by molar-refractivity contribution is 5.98. The Morgan fingerprint density at radius 3 is 2.38 bits per heavy atom. The van der Waals surface area contributed by atoms with E-state index in [0.717, 1.165) is 0 Å². The summed E-state index contributed by atoms with van der Waals surface area (Å²) < 4.78 is 0. The minimum Gasteiger partial charge on any atom is -0.478 e. The summed E-state index contributed by atoms with van der Waals surface area (Å²) in [6.07, 6.45) is 2.52. The number of anilines is 1. The van der Waals surface area contributed by atoms with Crippen LogP contribution in [-0.2, 0) is 9.59 Å². The molecule has 1 heterocycles. The molecule has 1 aromatic rings. The molecule has 7 nitrogen and oxygen atoms in total. The Kier molecular flexibility index (Phi) is 5.02. The van der Waals surface area contributed by atoms with E-state index in [1.165, 1.54) is 18.5 Å². The molecule has 114 valence electrons. The van der Waals surface area contributed by atoms with Crippen molar-refractivity contribution in [2.75, 3.05) is 5.32 Å². The quantitative estimate of drug-likeness (QED) is 0.774. The number of nitrogens with zero attached hydrogens (tertiary/aromatic N) is 1. The summed E-state index contributed by atoms with van der Waals surface area (Å²) in [6.45, 7) is 6.78. The van der Waals surface area contributed by atoms with Gasteiger partial charge >= 0.3 is 5.97 Å². The number of aromatic carboxylic acids is 1. The summed E-state index contributed by atoms with van der Waals surface area (Å²) >= 11 is 0. The fourth-order valence-electron chi connectivity index (χ4n) is 1.35. The molecule has 1 rings (SSSR count). The molecule has 3 N–H and O–H groups in total. The van der Waals surface area contributed by atoms with Crippen molar-refractivity contribution in [3.63, 3.8) is 0 Å². The zero-order valence-electron chi connectivity index (χ0n) is 12.4. The van der Waals surface area contributed by atoms with Gasteiger partial charge in [-0.1, -0.05) is 20.8 Å². The van der Waals surface area contributed by atoms with Crippen LogP contribution in [-0.4, -0.2) is 33.9 Å². The van der Waals surface area contributed by atoms with Gasteiger partial charge in [-0.3, -0.25) is 14.6 Å². The summed E-state index contributed by atoms with van der Waals surface area (Å²) in [5.41, 5.74) is -0.366. The lowest BCUT2D eigenvalue weighted by atomic mass is 9.95. The average Bonchev–Trinajstić information content (AvgIpc) is 2.37. The van der Waals surface area contributed by atoms with Gasteiger partial charge in [0, 0.05) is 11.6 Å². The Morgan fingerprint density at radius 2 is 1.86 bits per heavy atom. The second kappa shape index (κ2) is 6.34. The maximum absolute atomic E-state index is 12.0. The van der Waals surface area contributed by atoms with E-state index in [4.69, 9.17) is 5.11 Å². The SMILES string of the molecule is CC(NC(=O)C(C)(C)C)C(=O)Nc1cncc(C(=O)O)c1. The van der Waals surface area contributed by atoms with Crippen LogP contribution in [0.4, 0.5) is 5.69 Å². The van der Waals surface area contributed by atoms with Crippen LogP contribution < -0.4 is 10.6 Å². The van der Waals surface area contributed by atoms with Gasteiger partial charge in [0.1, 0.15) is 6.04 Å². The Morgan fingerprint density at radius 1 is 1.24 bits per heavy atom. The van der Waals surface area contributed by atoms with Crippen molar-refractivity contribution in [1.29, 1.82) is 0 Å². The highest BCUT2D eigenvalue weighted by Crippen LogP contribution is 2.13. The molecule has 1 unspecified atom stereocenters. The van der Waals surface area contributed by atoms with Crippen LogP contribution >= 0.6 is 0 Å². The number of rotatable bonds is 4. The number of carbonyl (C=O) groups is 3. The number of hydrogen-bond donors (Lipinski definition) is 3. The Bertz CT molecular complexity index is 564. The molecule has 1 atom stereocenters. The summed E-state index contributed by atoms with van der Waals surface area (Å²) in [4.78, 5) is 38.3. The monoisotopic (exact) mass is 293 g/mol. The number of carboxylic acids is 1. The average molecular weight is 293 g/mol. The van der Waals surface area contributed by atoms with Crippen molar-refractivity contribution in [2.45, 2.75) is 33.7 Å². The highest BCUT2D eigenvalue weighted by Gasteiger charge is 2.25. The fourth-order valence-corrected chi connectivity index (χ4v) is 1.35. The molecule has 0 aromatic carbocycles. The van der Waals surface area contributed by atoms with E-state index in [-0.39, 0.29) is 17.2 Å². The van der Waals surface area contributed by atoms with Crippen molar-refractivity contribution < 1.29 is 19.5 Å². The van der Waals surface area contributed by atoms with Crippen molar-refractivity contribution in [2.24, 2.45) is 5.41 Å². The first-order valence-corrected chi connectivity index (χ1v) is 6.41. The minimum absolute atomic E-state index is 0.0285. The van der Waals surface area contributed by atoms with E-state index in [1.807, 2.05) is 0 Å². The molecule has 7 heteroatoms. The topological polar surface area (TPSA) is 108 Å². The molecule has 0 saturated carbocycles. The van der Waals surface area contributed by atoms with E-state index in [9.17, 15) is 14.4 Å². The predicted octanol–water partition coefficient (Wildman–Crippen LogP) is 1.27. The molecular weight excluding hydrogens is 274 g/mol. The first kappa shape index (κ1) is 16.6. The minimum atomic E-state index is -1.13. The van der Waals surface area contributed by atoms with E-state index in [1.54, 1.807) is 27.7 Å². The van der Waals surface area contributed by atoms with Crippen LogP contribution in [0, 0.1) is 5.41 Å². The van der Waals surface area contributed by atoms with Gasteiger partial charge < -0.3 is 15.7 Å². The normalized spacial score (nSPS) is 12.4. The van der Waals surface area contributed by atoms with Gasteiger partial charge in [0.2, 0.25) is 11.8 Å². The Hall–Kier alpha value is -2.44. The van der Waals surface area contributed by atoms with Gasteiger partial charge in [0.05, 0.1) is 17.4 Å². The number of aromatic nitrogens is 1. The van der Waals surface area contributed by atoms with Gasteiger partial charge in [-0.25, -0.2) is 4.79 Å². The number of amides is 2. The number of pyridine rings is 1. The third kappa shape index (κ3) is 4.87. The van der Waals surface area contributed by atoms with E-state index in [0.29, 0.717) is 0 Å². The Labute approximate surface area is 122 Å². The van der Waals surface area contributed by atoms with Crippen LogP contribution in [0.5, 0.6) is 0 Å². The zero-order chi connectivity index (χ0) is 16.2. The largest absolute Gasteiger partial charge is 0.478 e. The highest BCUT2D eigenvalue weighted by atomic mass is 16.4. The molecule has 0 aliphatic heterocycles. The summed E-state index contributed by atoms with van der Waals surface area (Å²) in [5.74, 6) is -1.83. The molecule has 21 heavy (non-hydrogen) atoms. The first-order chi connectivity index (χ1) is 9.61. The standard InChI is InChI=1S/C14H19N3O4/c1-8(16-13(21)14(2,3)4)11(18)17-10-5-9(12(19)20)6-15-7-10/h5-8H,1-4H3,(H,16,21)(H,17,18)(H,19,20). The molecule has 0 radical (unpaired) electrons. The summed E-state index contributed by atoms with van der Waals surface area (Å²) in [6, 6.07) is 0.552. The van der Waals surface area contributed by atoms with E-state index < -0.39 is 23.3 Å². The van der Waals surface area contributed by atoms with Gasteiger partial charge in [-0.2, -0.15) is 0 Å². The maximum atomic E-state index is 12.0. The summed E-state index contributed by atoms with van der Waals surface area (Å²) in [5, 5.41) is 14.0. The van der Waals surface area contributed by atoms with Crippen molar-refractivity contribution in [3.05, 3.63) is 24.0 Å². The van der Waals surface area contributed by atoms with E-state index >= 15 is 0 Å². The summed E-state index contributed by atoms with van der Waals surface area (Å²) in [7, 11) is 0. The van der Waals surface area contributed by atoms with Gasteiger partial charge in [-0.15, -0.1) is 0 Å². The lowest BCUT2D eigenvalue weighted by molar-refractivity contribution is -0.131. The maximum Gasteiger partial charge on any atom is 0.337 e. The van der Waals surface area contributed by atoms with Crippen molar-refractivity contribution in [1.82, 2.24) is 10.3 Å². The predicted molar refractivity (Wildman–Crippen MR) is 76.9 cm³/mol. The molecule has 0 saturated heterocycles. The molecule has 0 spiro atoms. The molecule has 1 aromatic heterocycles. The first-order valence-electron chi connectivity index (χ1n) is 6.41. The van der Waals surface area contributed by atoms with E-state index in [2.05, 4.69) is 15.6 Å². The van der Waals surface area contributed by atoms with Gasteiger partial charge in [0.15, 0.2) is 0 Å². The third-order valence-corrected chi connectivity index (χ3v) is 2.67. The van der Waals surface area contributed by atoms with Crippen LogP contribution in [0.3, 0.4) is 0 Å². The number of carbonyl (C=O) groups excluding carboxylic acids is 2. The zero-order valence-corrected chi connectivity index (χ0v) is 12.4. The van der Waals surface area contributed by atoms with Gasteiger partial charge in [-0.05, 0) is 13.0 Å². The molecular formula is C14H19N3O4. The van der Waals surface area contributed by atoms with Crippen molar-refractivity contribution in [3.8, 4) is 0 Å². The van der Waals surface area contributed by atoms with Crippen LogP contribution in [0.2, 0.25) is 0 Å². The van der Waals surface area contributed by atoms with Crippen molar-refractivity contribution >= 4 is 23.5 Å². The lowest BCUT2D eigenvalue weighted by Gasteiger charge is -2.21. The number of carboxylic acid groups (broad SMARTS) is 1. The third-order valence-electron chi connectivity index (χ3n) is 2.67. The Balaban J connectivity index is 2.71. The second-order valence-corrected chi connectivity index (χ2v) is 5.70. The molecule has 0 fully saturated rings. The molecule has 0 bridgehead atoms. The molecule has 0 aliphatic carbocycles. The molecule has 0 aliphatic rings. The lowest BCUT2D eigenvalue weighted by Crippen LogP contribution is -2.46.